The number of carbonyl (C=O) groups excluding carboxylic acids is 2. The fourth-order valence-corrected chi connectivity index (χ4v) is 3.58. The number of carbonyl (C=O) groups is 2. The van der Waals surface area contributed by atoms with Crippen molar-refractivity contribution < 1.29 is 14.0 Å². The molecule has 4 rings (SSSR count). The molecule has 1 aliphatic heterocycles. The fourth-order valence-electron chi connectivity index (χ4n) is 3.58. The molecule has 0 radical (unpaired) electrons. The Labute approximate surface area is 181 Å². The van der Waals surface area contributed by atoms with Crippen LogP contribution in [0.5, 0.6) is 0 Å². The lowest BCUT2D eigenvalue weighted by molar-refractivity contribution is -0.125. The molecule has 0 atom stereocenters. The van der Waals surface area contributed by atoms with E-state index in [-0.39, 0.29) is 11.8 Å². The van der Waals surface area contributed by atoms with E-state index >= 15 is 0 Å². The van der Waals surface area contributed by atoms with Crippen molar-refractivity contribution in [2.45, 2.75) is 32.7 Å². The predicted molar refractivity (Wildman–Crippen MR) is 122 cm³/mol. The Balaban J connectivity index is 0.00000132. The Morgan fingerprint density at radius 3 is 2.87 bits per heavy atom. The zero-order chi connectivity index (χ0) is 22.4. The second kappa shape index (κ2) is 10.0. The number of benzene rings is 1. The van der Waals surface area contributed by atoms with Crippen LogP contribution in [0.4, 0.5) is 5.82 Å². The van der Waals surface area contributed by atoms with Crippen LogP contribution in [0.2, 0.25) is 0 Å². The van der Waals surface area contributed by atoms with E-state index < -0.39 is 0 Å². The number of nitrogens with two attached hydrogens (primary N) is 1. The van der Waals surface area contributed by atoms with Gasteiger partial charge >= 0.3 is 0 Å². The summed E-state index contributed by atoms with van der Waals surface area (Å²) in [7, 11) is 3.28. The Hall–Kier alpha value is -3.45. The van der Waals surface area contributed by atoms with Crippen molar-refractivity contribution in [2.75, 3.05) is 19.4 Å². The van der Waals surface area contributed by atoms with Gasteiger partial charge in [0.05, 0.1) is 0 Å². The predicted octanol–water partition coefficient (Wildman–Crippen LogP) is 3.66. The van der Waals surface area contributed by atoms with Crippen LogP contribution in [0, 0.1) is 6.92 Å². The SMILES string of the molecule is CN.Cc1oc2ccccc2c1CN(C)C(=O)/C=C/c1cnc2c(c1)CCCC(=O)N2. The third-order valence-corrected chi connectivity index (χ3v) is 5.19. The van der Waals surface area contributed by atoms with Gasteiger partial charge in [-0.25, -0.2) is 4.98 Å². The van der Waals surface area contributed by atoms with Crippen LogP contribution in [-0.2, 0) is 22.6 Å². The third-order valence-electron chi connectivity index (χ3n) is 5.19. The summed E-state index contributed by atoms with van der Waals surface area (Å²) < 4.78 is 5.79. The van der Waals surface area contributed by atoms with Gasteiger partial charge in [0.1, 0.15) is 17.2 Å². The molecule has 7 nitrogen and oxygen atoms in total. The molecule has 3 N–H and O–H groups in total. The van der Waals surface area contributed by atoms with Gasteiger partial charge < -0.3 is 20.4 Å². The van der Waals surface area contributed by atoms with E-state index in [1.807, 2.05) is 37.3 Å². The van der Waals surface area contributed by atoms with Gasteiger partial charge in [0.25, 0.3) is 0 Å². The largest absolute Gasteiger partial charge is 0.461 e. The molecular formula is C24H28N4O3. The van der Waals surface area contributed by atoms with Crippen LogP contribution >= 0.6 is 0 Å². The highest BCUT2D eigenvalue weighted by molar-refractivity contribution is 5.93. The maximum Gasteiger partial charge on any atom is 0.246 e. The smallest absolute Gasteiger partial charge is 0.246 e. The Morgan fingerprint density at radius 2 is 2.06 bits per heavy atom. The average molecular weight is 421 g/mol. The molecule has 0 saturated heterocycles. The monoisotopic (exact) mass is 420 g/mol. The summed E-state index contributed by atoms with van der Waals surface area (Å²) >= 11 is 0. The number of amides is 2. The van der Waals surface area contributed by atoms with Crippen molar-refractivity contribution in [3.63, 3.8) is 0 Å². The highest BCUT2D eigenvalue weighted by Crippen LogP contribution is 2.26. The van der Waals surface area contributed by atoms with Crippen LogP contribution in [0.15, 0.2) is 47.0 Å². The highest BCUT2D eigenvalue weighted by atomic mass is 16.3. The number of anilines is 1. The van der Waals surface area contributed by atoms with Crippen molar-refractivity contribution in [3.8, 4) is 0 Å². The number of aromatic nitrogens is 1. The molecule has 2 amide bonds. The Bertz CT molecular complexity index is 1120. The van der Waals surface area contributed by atoms with Gasteiger partial charge in [-0.2, -0.15) is 0 Å². The van der Waals surface area contributed by atoms with Crippen LogP contribution < -0.4 is 11.1 Å². The number of fused-ring (bicyclic) bond motifs is 2. The van der Waals surface area contributed by atoms with Gasteiger partial charge in [0.2, 0.25) is 11.8 Å². The first-order valence-corrected chi connectivity index (χ1v) is 10.3. The zero-order valence-electron chi connectivity index (χ0n) is 18.1. The number of aryl methyl sites for hydroxylation is 2. The van der Waals surface area contributed by atoms with Crippen molar-refractivity contribution in [1.82, 2.24) is 9.88 Å². The number of pyridine rings is 1. The molecule has 2 aromatic heterocycles. The fraction of sp³-hybridized carbons (Fsp3) is 0.292. The van der Waals surface area contributed by atoms with Gasteiger partial charge in [-0.05, 0) is 56.1 Å². The minimum Gasteiger partial charge on any atom is -0.461 e. The maximum atomic E-state index is 12.6. The number of rotatable bonds is 4. The van der Waals surface area contributed by atoms with E-state index in [0.29, 0.717) is 18.8 Å². The number of hydrogen-bond acceptors (Lipinski definition) is 5. The normalized spacial score (nSPS) is 13.2. The Kier molecular flexibility index (Phi) is 7.20. The number of likely N-dealkylation sites (N-methyl/N-ethyl adjacent to an activating group) is 1. The lowest BCUT2D eigenvalue weighted by Gasteiger charge is -2.15. The number of furan rings is 1. The lowest BCUT2D eigenvalue weighted by Crippen LogP contribution is -2.24. The molecule has 1 aromatic carbocycles. The van der Waals surface area contributed by atoms with Gasteiger partial charge in [0, 0.05) is 43.2 Å². The van der Waals surface area contributed by atoms with Crippen molar-refractivity contribution in [3.05, 3.63) is 65.1 Å². The molecule has 0 bridgehead atoms. The maximum absolute atomic E-state index is 12.6. The molecule has 0 fully saturated rings. The summed E-state index contributed by atoms with van der Waals surface area (Å²) in [5.74, 6) is 1.35. The first kappa shape index (κ1) is 22.2. The van der Waals surface area contributed by atoms with E-state index in [0.717, 1.165) is 46.3 Å². The first-order valence-electron chi connectivity index (χ1n) is 10.3. The molecule has 3 aromatic rings. The number of hydrogen-bond donors (Lipinski definition) is 2. The number of nitrogens with zero attached hydrogens (tertiary/aromatic N) is 2. The molecule has 31 heavy (non-hydrogen) atoms. The van der Waals surface area contributed by atoms with Crippen molar-refractivity contribution >= 4 is 34.7 Å². The minimum absolute atomic E-state index is 0.00147. The summed E-state index contributed by atoms with van der Waals surface area (Å²) in [5.41, 5.74) is 8.19. The summed E-state index contributed by atoms with van der Waals surface area (Å²) in [4.78, 5) is 30.2. The quantitative estimate of drug-likeness (QED) is 0.627. The second-order valence-corrected chi connectivity index (χ2v) is 7.34. The van der Waals surface area contributed by atoms with Crippen molar-refractivity contribution in [2.24, 2.45) is 5.73 Å². The highest BCUT2D eigenvalue weighted by Gasteiger charge is 2.16. The molecule has 0 aliphatic carbocycles. The van der Waals surface area contributed by atoms with Crippen molar-refractivity contribution in [1.29, 1.82) is 0 Å². The molecule has 162 valence electrons. The topological polar surface area (TPSA) is 101 Å². The van der Waals surface area contributed by atoms with Gasteiger partial charge in [-0.15, -0.1) is 0 Å². The first-order chi connectivity index (χ1) is 15.0. The molecule has 3 heterocycles. The molecule has 1 aliphatic rings. The van der Waals surface area contributed by atoms with Gasteiger partial charge in [-0.1, -0.05) is 18.2 Å². The standard InChI is InChI=1S/C23H23N3O3.CH5N/c1-15-19(18-7-3-4-8-20(18)29-15)14-26(2)22(28)11-10-16-12-17-6-5-9-21(27)25-23(17)24-13-16;1-2/h3-4,7-8,10-13H,5-6,9,14H2,1-2H3,(H,24,25,27);2H2,1H3/b11-10+;. The summed E-state index contributed by atoms with van der Waals surface area (Å²) in [6.45, 7) is 2.39. The summed E-state index contributed by atoms with van der Waals surface area (Å²) in [6, 6.07) is 9.82. The van der Waals surface area contributed by atoms with Crippen LogP contribution in [0.25, 0.3) is 17.0 Å². The van der Waals surface area contributed by atoms with E-state index in [9.17, 15) is 9.59 Å². The van der Waals surface area contributed by atoms with Crippen LogP contribution in [0.1, 0.15) is 35.3 Å². The van der Waals surface area contributed by atoms with E-state index in [4.69, 9.17) is 4.42 Å². The number of nitrogens with one attached hydrogen (secondary N) is 1. The minimum atomic E-state index is -0.0991. The summed E-state index contributed by atoms with van der Waals surface area (Å²) in [5, 5.41) is 3.85. The molecule has 7 heteroatoms. The third kappa shape index (κ3) is 5.19. The molecule has 0 spiro atoms. The van der Waals surface area contributed by atoms with E-state index in [1.54, 1.807) is 30.3 Å². The van der Waals surface area contributed by atoms with Crippen LogP contribution in [-0.4, -0.2) is 35.8 Å². The van der Waals surface area contributed by atoms with Crippen LogP contribution in [0.3, 0.4) is 0 Å². The van der Waals surface area contributed by atoms with Gasteiger partial charge in [0.15, 0.2) is 0 Å². The second-order valence-electron chi connectivity index (χ2n) is 7.34. The Morgan fingerprint density at radius 1 is 1.29 bits per heavy atom. The molecule has 0 unspecified atom stereocenters. The zero-order valence-corrected chi connectivity index (χ0v) is 18.1. The number of para-hydroxylation sites is 1. The lowest BCUT2D eigenvalue weighted by atomic mass is 10.1. The average Bonchev–Trinajstić information content (AvgIpc) is 2.97. The van der Waals surface area contributed by atoms with Gasteiger partial charge in [-0.3, -0.25) is 9.59 Å². The van der Waals surface area contributed by atoms with E-state index in [1.165, 1.54) is 7.05 Å². The van der Waals surface area contributed by atoms with E-state index in [2.05, 4.69) is 16.0 Å². The molecular weight excluding hydrogens is 392 g/mol. The summed E-state index contributed by atoms with van der Waals surface area (Å²) in [6.07, 6.45) is 7.08. The molecule has 0 saturated carbocycles.